The zero-order valence-corrected chi connectivity index (χ0v) is 13.6. The molecule has 1 heterocycles. The van der Waals surface area contributed by atoms with Gasteiger partial charge in [-0.2, -0.15) is 0 Å². The van der Waals surface area contributed by atoms with Crippen molar-refractivity contribution >= 4 is 5.91 Å². The lowest BCUT2D eigenvalue weighted by Crippen LogP contribution is -2.50. The summed E-state index contributed by atoms with van der Waals surface area (Å²) in [6.07, 6.45) is 3.39. The topological polar surface area (TPSA) is 61.8 Å². The molecule has 0 unspecified atom stereocenters. The van der Waals surface area contributed by atoms with Crippen molar-refractivity contribution in [3.63, 3.8) is 0 Å². The molecule has 0 aliphatic carbocycles. The molecule has 0 spiro atoms. The minimum Gasteiger partial charge on any atom is -0.504 e. The third-order valence-electron chi connectivity index (χ3n) is 4.31. The molecule has 0 bridgehead atoms. The first-order chi connectivity index (χ1) is 10.5. The molecule has 1 amide bonds. The van der Waals surface area contributed by atoms with Crippen molar-refractivity contribution in [2.75, 3.05) is 13.7 Å². The standard InChI is InChI=1S/C17H26N2O3/c1-12-6-4-5-9-19(12)17(21)13(2)18-11-14-7-8-16(22-3)15(20)10-14/h7-8,10,12-13,18,20H,4-6,9,11H2,1-3H3/t12-,13-/m0/s1. The number of rotatable bonds is 5. The number of nitrogens with one attached hydrogen (secondary N) is 1. The van der Waals surface area contributed by atoms with Crippen LogP contribution in [0.5, 0.6) is 11.5 Å². The molecule has 1 aromatic carbocycles. The summed E-state index contributed by atoms with van der Waals surface area (Å²) in [7, 11) is 1.52. The molecule has 0 saturated carbocycles. The molecule has 1 aromatic rings. The maximum Gasteiger partial charge on any atom is 0.239 e. The summed E-state index contributed by atoms with van der Waals surface area (Å²) in [5, 5.41) is 13.0. The number of phenols is 1. The number of piperidine rings is 1. The average molecular weight is 306 g/mol. The lowest BCUT2D eigenvalue weighted by atomic mass is 10.0. The fourth-order valence-corrected chi connectivity index (χ4v) is 2.88. The van der Waals surface area contributed by atoms with E-state index in [1.165, 1.54) is 13.5 Å². The van der Waals surface area contributed by atoms with Gasteiger partial charge in [0.15, 0.2) is 11.5 Å². The van der Waals surface area contributed by atoms with Gasteiger partial charge in [0.2, 0.25) is 5.91 Å². The maximum atomic E-state index is 12.5. The van der Waals surface area contributed by atoms with E-state index < -0.39 is 0 Å². The first-order valence-electron chi connectivity index (χ1n) is 7.92. The number of carbonyl (C=O) groups excluding carboxylic acids is 1. The third kappa shape index (κ3) is 3.91. The SMILES string of the molecule is COc1ccc(CN[C@@H](C)C(=O)N2CCCC[C@@H]2C)cc1O. The molecular weight excluding hydrogens is 280 g/mol. The Labute approximate surface area is 132 Å². The van der Waals surface area contributed by atoms with E-state index in [9.17, 15) is 9.90 Å². The van der Waals surface area contributed by atoms with Crippen LogP contribution in [0.15, 0.2) is 18.2 Å². The van der Waals surface area contributed by atoms with Gasteiger partial charge >= 0.3 is 0 Å². The second kappa shape index (κ2) is 7.49. The number of aromatic hydroxyl groups is 1. The Hall–Kier alpha value is -1.75. The molecule has 1 aliphatic heterocycles. The number of methoxy groups -OCH3 is 1. The van der Waals surface area contributed by atoms with Crippen molar-refractivity contribution in [3.8, 4) is 11.5 Å². The van der Waals surface area contributed by atoms with Crippen LogP contribution < -0.4 is 10.1 Å². The summed E-state index contributed by atoms with van der Waals surface area (Å²) in [4.78, 5) is 14.5. The Morgan fingerprint density at radius 2 is 2.27 bits per heavy atom. The van der Waals surface area contributed by atoms with E-state index >= 15 is 0 Å². The van der Waals surface area contributed by atoms with Crippen LogP contribution in [0.25, 0.3) is 0 Å². The van der Waals surface area contributed by atoms with Gasteiger partial charge in [-0.25, -0.2) is 0 Å². The van der Waals surface area contributed by atoms with E-state index in [4.69, 9.17) is 4.74 Å². The van der Waals surface area contributed by atoms with Gasteiger partial charge in [-0.15, -0.1) is 0 Å². The third-order valence-corrected chi connectivity index (χ3v) is 4.31. The molecule has 0 aromatic heterocycles. The van der Waals surface area contributed by atoms with E-state index in [1.54, 1.807) is 12.1 Å². The van der Waals surface area contributed by atoms with Crippen molar-refractivity contribution in [1.29, 1.82) is 0 Å². The molecule has 1 fully saturated rings. The van der Waals surface area contributed by atoms with Crippen molar-refractivity contribution in [1.82, 2.24) is 10.2 Å². The van der Waals surface area contributed by atoms with Gasteiger partial charge in [-0.3, -0.25) is 4.79 Å². The highest BCUT2D eigenvalue weighted by Gasteiger charge is 2.26. The van der Waals surface area contributed by atoms with Gasteiger partial charge in [0.25, 0.3) is 0 Å². The van der Waals surface area contributed by atoms with E-state index in [2.05, 4.69) is 12.2 Å². The summed E-state index contributed by atoms with van der Waals surface area (Å²) in [5.41, 5.74) is 0.921. The second-order valence-electron chi connectivity index (χ2n) is 5.99. The summed E-state index contributed by atoms with van der Waals surface area (Å²) >= 11 is 0. The minimum absolute atomic E-state index is 0.116. The quantitative estimate of drug-likeness (QED) is 0.876. The molecule has 2 N–H and O–H groups in total. The van der Waals surface area contributed by atoms with Crippen molar-refractivity contribution in [2.24, 2.45) is 0 Å². The molecular formula is C17H26N2O3. The molecule has 1 saturated heterocycles. The van der Waals surface area contributed by atoms with Crippen molar-refractivity contribution < 1.29 is 14.6 Å². The predicted octanol–water partition coefficient (Wildman–Crippen LogP) is 2.28. The molecule has 122 valence electrons. The lowest BCUT2D eigenvalue weighted by molar-refractivity contribution is -0.136. The van der Waals surface area contributed by atoms with Crippen LogP contribution in [0.2, 0.25) is 0 Å². The van der Waals surface area contributed by atoms with Crippen LogP contribution in [0.3, 0.4) is 0 Å². The van der Waals surface area contributed by atoms with Crippen LogP contribution in [0.1, 0.15) is 38.7 Å². The van der Waals surface area contributed by atoms with Gasteiger partial charge in [0.05, 0.1) is 13.2 Å². The van der Waals surface area contributed by atoms with Crippen LogP contribution in [0.4, 0.5) is 0 Å². The zero-order valence-electron chi connectivity index (χ0n) is 13.6. The number of ether oxygens (including phenoxy) is 1. The highest BCUT2D eigenvalue weighted by Crippen LogP contribution is 2.26. The Morgan fingerprint density at radius 3 is 2.91 bits per heavy atom. The lowest BCUT2D eigenvalue weighted by Gasteiger charge is -2.35. The van der Waals surface area contributed by atoms with Crippen molar-refractivity contribution in [3.05, 3.63) is 23.8 Å². The minimum atomic E-state index is -0.232. The van der Waals surface area contributed by atoms with Crippen LogP contribution in [0, 0.1) is 0 Å². The highest BCUT2D eigenvalue weighted by atomic mass is 16.5. The number of hydrogen-bond acceptors (Lipinski definition) is 4. The number of amides is 1. The van der Waals surface area contributed by atoms with Crippen LogP contribution in [-0.4, -0.2) is 41.7 Å². The van der Waals surface area contributed by atoms with Crippen molar-refractivity contribution in [2.45, 2.75) is 51.7 Å². The molecule has 2 rings (SSSR count). The molecule has 5 nitrogen and oxygen atoms in total. The number of carbonyl (C=O) groups is 1. The van der Waals surface area contributed by atoms with E-state index in [0.717, 1.165) is 24.9 Å². The first-order valence-corrected chi connectivity index (χ1v) is 7.92. The number of benzene rings is 1. The largest absolute Gasteiger partial charge is 0.504 e. The Kier molecular flexibility index (Phi) is 5.66. The fourth-order valence-electron chi connectivity index (χ4n) is 2.88. The van der Waals surface area contributed by atoms with Gasteiger partial charge in [0, 0.05) is 19.1 Å². The van der Waals surface area contributed by atoms with E-state index in [1.807, 2.05) is 17.9 Å². The van der Waals surface area contributed by atoms with E-state index in [-0.39, 0.29) is 17.7 Å². The summed E-state index contributed by atoms with van der Waals surface area (Å²) in [6.45, 7) is 5.40. The molecule has 22 heavy (non-hydrogen) atoms. The number of hydrogen-bond donors (Lipinski definition) is 2. The molecule has 5 heteroatoms. The smallest absolute Gasteiger partial charge is 0.239 e. The summed E-state index contributed by atoms with van der Waals surface area (Å²) < 4.78 is 5.02. The second-order valence-corrected chi connectivity index (χ2v) is 5.99. The maximum absolute atomic E-state index is 12.5. The monoisotopic (exact) mass is 306 g/mol. The van der Waals surface area contributed by atoms with Crippen LogP contribution in [-0.2, 0) is 11.3 Å². The van der Waals surface area contributed by atoms with Gasteiger partial charge in [-0.05, 0) is 50.8 Å². The van der Waals surface area contributed by atoms with Gasteiger partial charge in [0.1, 0.15) is 0 Å². The summed E-state index contributed by atoms with van der Waals surface area (Å²) in [5.74, 6) is 0.727. The fraction of sp³-hybridized carbons (Fsp3) is 0.588. The molecule has 2 atom stereocenters. The Balaban J connectivity index is 1.90. The molecule has 0 radical (unpaired) electrons. The zero-order chi connectivity index (χ0) is 16.1. The Bertz CT molecular complexity index is 519. The Morgan fingerprint density at radius 1 is 1.50 bits per heavy atom. The number of nitrogens with zero attached hydrogens (tertiary/aromatic N) is 1. The first kappa shape index (κ1) is 16.6. The van der Waals surface area contributed by atoms with Gasteiger partial charge < -0.3 is 20.1 Å². The normalized spacial score (nSPS) is 19.8. The predicted molar refractivity (Wildman–Crippen MR) is 86.0 cm³/mol. The van der Waals surface area contributed by atoms with E-state index in [0.29, 0.717) is 18.3 Å². The number of phenolic OH excluding ortho intramolecular Hbond substituents is 1. The summed E-state index contributed by atoms with van der Waals surface area (Å²) in [6, 6.07) is 5.37. The highest BCUT2D eigenvalue weighted by molar-refractivity contribution is 5.81. The number of likely N-dealkylation sites (tertiary alicyclic amines) is 1. The molecule has 1 aliphatic rings. The van der Waals surface area contributed by atoms with Gasteiger partial charge in [-0.1, -0.05) is 6.07 Å². The average Bonchev–Trinajstić information content (AvgIpc) is 2.52. The van der Waals surface area contributed by atoms with Crippen LogP contribution >= 0.6 is 0 Å².